The molecule has 1 atom stereocenters. The Bertz CT molecular complexity index is 955. The molecule has 0 spiro atoms. The van der Waals surface area contributed by atoms with Gasteiger partial charge in [-0.05, 0) is 36.0 Å². The lowest BCUT2D eigenvalue weighted by molar-refractivity contribution is -0.118. The van der Waals surface area contributed by atoms with Gasteiger partial charge in [-0.25, -0.2) is 9.97 Å². The van der Waals surface area contributed by atoms with Gasteiger partial charge in [0, 0.05) is 47.3 Å². The van der Waals surface area contributed by atoms with Crippen LogP contribution in [-0.4, -0.2) is 26.5 Å². The highest BCUT2D eigenvalue weighted by atomic mass is 32.2. The van der Waals surface area contributed by atoms with Crippen molar-refractivity contribution in [1.82, 2.24) is 15.0 Å². The fourth-order valence-corrected chi connectivity index (χ4v) is 4.77. The van der Waals surface area contributed by atoms with E-state index in [2.05, 4.69) is 36.1 Å². The number of nitrogens with one attached hydrogen (secondary N) is 1. The highest BCUT2D eigenvalue weighted by molar-refractivity contribution is 7.99. The van der Waals surface area contributed by atoms with Gasteiger partial charge in [0.05, 0.1) is 0 Å². The average Bonchev–Trinajstić information content (AvgIpc) is 2.64. The van der Waals surface area contributed by atoms with Crippen molar-refractivity contribution in [3.8, 4) is 0 Å². The van der Waals surface area contributed by atoms with Crippen molar-refractivity contribution in [2.75, 3.05) is 16.8 Å². The zero-order chi connectivity index (χ0) is 19.9. The number of anilines is 2. The van der Waals surface area contributed by atoms with Gasteiger partial charge in [0.25, 0.3) is 0 Å². The first kappa shape index (κ1) is 18.9. The summed E-state index contributed by atoms with van der Waals surface area (Å²) in [7, 11) is 0. The summed E-state index contributed by atoms with van der Waals surface area (Å²) in [6, 6.07) is 3.88. The maximum absolute atomic E-state index is 13.2. The smallest absolute Gasteiger partial charge is 0.191 e. The van der Waals surface area contributed by atoms with Gasteiger partial charge in [0.2, 0.25) is 0 Å². The van der Waals surface area contributed by atoms with Crippen LogP contribution in [0.2, 0.25) is 0 Å². The molecule has 146 valence electrons. The molecule has 0 bridgehead atoms. The lowest BCUT2D eigenvalue weighted by Gasteiger charge is -2.39. The molecule has 0 fully saturated rings. The largest absolute Gasteiger partial charge is 0.383 e. The number of pyridine rings is 1. The van der Waals surface area contributed by atoms with Crippen LogP contribution in [-0.2, 0) is 4.79 Å². The Labute approximate surface area is 169 Å². The molecule has 0 saturated carbocycles. The first-order valence-electron chi connectivity index (χ1n) is 9.63. The Morgan fingerprint density at radius 3 is 2.71 bits per heavy atom. The summed E-state index contributed by atoms with van der Waals surface area (Å²) in [5.74, 6) is 1.99. The quantitative estimate of drug-likeness (QED) is 0.593. The highest BCUT2D eigenvalue weighted by Gasteiger charge is 2.42. The summed E-state index contributed by atoms with van der Waals surface area (Å²) in [6.45, 7) is 6.38. The summed E-state index contributed by atoms with van der Waals surface area (Å²) in [5, 5.41) is 4.11. The van der Waals surface area contributed by atoms with Crippen LogP contribution in [0.3, 0.4) is 0 Å². The molecule has 0 saturated heterocycles. The second-order valence-electron chi connectivity index (χ2n) is 8.17. The molecular weight excluding hydrogens is 370 g/mol. The minimum absolute atomic E-state index is 0.0818. The van der Waals surface area contributed by atoms with E-state index in [1.807, 2.05) is 12.1 Å². The molecule has 1 aliphatic heterocycles. The lowest BCUT2D eigenvalue weighted by Crippen LogP contribution is -2.34. The molecule has 0 unspecified atom stereocenters. The minimum atomic E-state index is -0.261. The van der Waals surface area contributed by atoms with Gasteiger partial charge in [-0.1, -0.05) is 32.5 Å². The molecule has 1 aliphatic carbocycles. The Kier molecular flexibility index (Phi) is 4.87. The summed E-state index contributed by atoms with van der Waals surface area (Å²) < 4.78 is 0. The molecule has 3 N–H and O–H groups in total. The van der Waals surface area contributed by atoms with Gasteiger partial charge in [0.1, 0.15) is 11.6 Å². The van der Waals surface area contributed by atoms with Crippen molar-refractivity contribution >= 4 is 29.2 Å². The Hall–Kier alpha value is -2.41. The maximum Gasteiger partial charge on any atom is 0.191 e. The predicted octanol–water partition coefficient (Wildman–Crippen LogP) is 4.16. The van der Waals surface area contributed by atoms with Gasteiger partial charge in [-0.15, -0.1) is 0 Å². The fraction of sp³-hybridized carbons (Fsp3) is 0.429. The first-order chi connectivity index (χ1) is 13.4. The number of nitrogens with zero attached hydrogens (tertiary/aromatic N) is 3. The van der Waals surface area contributed by atoms with E-state index in [0.717, 1.165) is 46.8 Å². The number of thioether (sulfide) groups is 1. The van der Waals surface area contributed by atoms with E-state index in [0.29, 0.717) is 17.4 Å². The van der Waals surface area contributed by atoms with Crippen molar-refractivity contribution in [2.24, 2.45) is 5.41 Å². The van der Waals surface area contributed by atoms with Crippen LogP contribution in [0, 0.1) is 5.41 Å². The molecule has 0 aromatic carbocycles. The first-order valence-corrected chi connectivity index (χ1v) is 10.6. The molecule has 0 amide bonds. The van der Waals surface area contributed by atoms with Crippen LogP contribution in [0.1, 0.15) is 57.1 Å². The van der Waals surface area contributed by atoms with Gasteiger partial charge in [-0.3, -0.25) is 9.78 Å². The second-order valence-corrected chi connectivity index (χ2v) is 9.24. The predicted molar refractivity (Wildman–Crippen MR) is 112 cm³/mol. The summed E-state index contributed by atoms with van der Waals surface area (Å²) in [5.41, 5.74) is 9.86. The average molecular weight is 396 g/mol. The molecule has 0 radical (unpaired) electrons. The fourth-order valence-electron chi connectivity index (χ4n) is 4.06. The molecule has 28 heavy (non-hydrogen) atoms. The highest BCUT2D eigenvalue weighted by Crippen LogP contribution is 2.49. The Balaban J connectivity index is 1.89. The number of Topliss-reactive ketones (excluding diaryl/α,β-unsaturated/α-hetero) is 1. The molecular formula is C21H25N5OS. The molecule has 7 heteroatoms. The van der Waals surface area contributed by atoms with Crippen molar-refractivity contribution in [3.05, 3.63) is 46.9 Å². The second kappa shape index (κ2) is 7.20. The van der Waals surface area contributed by atoms with E-state index < -0.39 is 0 Å². The van der Waals surface area contributed by atoms with E-state index in [1.54, 1.807) is 24.2 Å². The number of hydrogen-bond acceptors (Lipinski definition) is 7. The third-order valence-corrected chi connectivity index (χ3v) is 6.25. The van der Waals surface area contributed by atoms with Crippen LogP contribution >= 0.6 is 11.8 Å². The third kappa shape index (κ3) is 3.39. The molecule has 3 heterocycles. The van der Waals surface area contributed by atoms with Crippen LogP contribution < -0.4 is 11.1 Å². The van der Waals surface area contributed by atoms with Crippen LogP contribution in [0.5, 0.6) is 0 Å². The summed E-state index contributed by atoms with van der Waals surface area (Å²) >= 11 is 1.60. The van der Waals surface area contributed by atoms with E-state index in [9.17, 15) is 4.79 Å². The number of carbonyl (C=O) groups is 1. The Morgan fingerprint density at radius 1 is 1.25 bits per heavy atom. The number of hydrogen-bond donors (Lipinski definition) is 2. The number of carbonyl (C=O) groups excluding carboxylic acids is 1. The van der Waals surface area contributed by atoms with E-state index in [-0.39, 0.29) is 17.1 Å². The number of aromatic nitrogens is 3. The number of rotatable bonds is 4. The van der Waals surface area contributed by atoms with Crippen molar-refractivity contribution in [2.45, 2.75) is 51.1 Å². The molecule has 2 aliphatic rings. The number of nitrogens with two attached hydrogens (primary N) is 1. The minimum Gasteiger partial charge on any atom is -0.383 e. The van der Waals surface area contributed by atoms with Crippen molar-refractivity contribution in [1.29, 1.82) is 0 Å². The van der Waals surface area contributed by atoms with Crippen LogP contribution in [0.15, 0.2) is 41.0 Å². The number of ketones is 1. The SMILES string of the molecule is CCCSc1nc(N)c2c(n1)NC1=C(C(=O)CC(C)(C)C1)[C@H]2c1ccncc1. The number of nitrogen functional groups attached to an aromatic ring is 1. The standard InChI is InChI=1S/C21H25N5OS/c1-4-9-28-20-25-18(22)17-15(12-5-7-23-8-6-12)16-13(24-19(17)26-20)10-21(2,3)11-14(16)27/h5-8,15H,4,9-11H2,1-3H3,(H3,22,24,25,26)/t15-/m1/s1. The normalized spacial score (nSPS) is 20.4. The zero-order valence-electron chi connectivity index (χ0n) is 16.5. The molecule has 2 aromatic heterocycles. The summed E-state index contributed by atoms with van der Waals surface area (Å²) in [6.07, 6.45) is 5.86. The third-order valence-electron chi connectivity index (χ3n) is 5.20. The summed E-state index contributed by atoms with van der Waals surface area (Å²) in [4.78, 5) is 26.6. The van der Waals surface area contributed by atoms with Crippen LogP contribution in [0.25, 0.3) is 0 Å². The monoisotopic (exact) mass is 395 g/mol. The topological polar surface area (TPSA) is 93.8 Å². The van der Waals surface area contributed by atoms with E-state index in [1.165, 1.54) is 0 Å². The Morgan fingerprint density at radius 2 is 2.00 bits per heavy atom. The molecule has 2 aromatic rings. The van der Waals surface area contributed by atoms with Gasteiger partial charge in [-0.2, -0.15) is 0 Å². The zero-order valence-corrected chi connectivity index (χ0v) is 17.3. The van der Waals surface area contributed by atoms with Gasteiger partial charge < -0.3 is 11.1 Å². The molecule has 4 rings (SSSR count). The maximum atomic E-state index is 13.2. The molecule has 6 nitrogen and oxygen atoms in total. The lowest BCUT2D eigenvalue weighted by atomic mass is 9.69. The van der Waals surface area contributed by atoms with Crippen LogP contribution in [0.4, 0.5) is 11.6 Å². The van der Waals surface area contributed by atoms with Crippen molar-refractivity contribution < 1.29 is 4.79 Å². The van der Waals surface area contributed by atoms with Gasteiger partial charge >= 0.3 is 0 Å². The van der Waals surface area contributed by atoms with Crippen molar-refractivity contribution in [3.63, 3.8) is 0 Å². The van der Waals surface area contributed by atoms with E-state index >= 15 is 0 Å². The number of fused-ring (bicyclic) bond motifs is 1. The van der Waals surface area contributed by atoms with E-state index in [4.69, 9.17) is 10.7 Å². The number of allylic oxidation sites excluding steroid dienone is 2. The van der Waals surface area contributed by atoms with Gasteiger partial charge in [0.15, 0.2) is 10.9 Å².